The fourth-order valence-electron chi connectivity index (χ4n) is 2.83. The lowest BCUT2D eigenvalue weighted by atomic mass is 10.1. The van der Waals surface area contributed by atoms with E-state index in [1.165, 1.54) is 6.07 Å². The number of hydrogen-bond donors (Lipinski definition) is 0. The lowest BCUT2D eigenvalue weighted by molar-refractivity contribution is -0.137. The van der Waals surface area contributed by atoms with Gasteiger partial charge in [-0.25, -0.2) is 4.98 Å². The Bertz CT molecular complexity index is 743. The maximum Gasteiger partial charge on any atom is 0.417 e. The van der Waals surface area contributed by atoms with Crippen LogP contribution >= 0.6 is 0 Å². The molecular formula is C16H17F3N4O2. The Morgan fingerprint density at radius 3 is 2.32 bits per heavy atom. The Kier molecular flexibility index (Phi) is 4.40. The van der Waals surface area contributed by atoms with Gasteiger partial charge in [-0.3, -0.25) is 4.79 Å². The van der Waals surface area contributed by atoms with Crippen molar-refractivity contribution in [3.8, 4) is 0 Å². The monoisotopic (exact) mass is 354 g/mol. The molecule has 0 atom stereocenters. The number of rotatable bonds is 2. The van der Waals surface area contributed by atoms with Gasteiger partial charge in [0.2, 0.25) is 0 Å². The summed E-state index contributed by atoms with van der Waals surface area (Å²) >= 11 is 0. The van der Waals surface area contributed by atoms with E-state index in [1.54, 1.807) is 18.7 Å². The zero-order valence-corrected chi connectivity index (χ0v) is 13.8. The molecule has 0 spiro atoms. The molecule has 1 fully saturated rings. The zero-order valence-electron chi connectivity index (χ0n) is 13.8. The number of alkyl halides is 3. The van der Waals surface area contributed by atoms with Crippen LogP contribution in [-0.2, 0) is 6.18 Å². The van der Waals surface area contributed by atoms with E-state index in [1.807, 2.05) is 4.90 Å². The number of carbonyl (C=O) groups excluding carboxylic acids is 1. The molecule has 0 N–H and O–H groups in total. The van der Waals surface area contributed by atoms with Gasteiger partial charge in [0.1, 0.15) is 17.1 Å². The van der Waals surface area contributed by atoms with Gasteiger partial charge in [-0.1, -0.05) is 5.16 Å². The van der Waals surface area contributed by atoms with Gasteiger partial charge < -0.3 is 14.3 Å². The standard InChI is InChI=1S/C16H17F3N4O2/c1-10-14(11(2)25-21-10)15(24)23-7-5-22(6-8-23)13-4-3-12(9-20-13)16(17,18)19/h3-4,9H,5-8H2,1-2H3. The average Bonchev–Trinajstić information content (AvgIpc) is 2.92. The van der Waals surface area contributed by atoms with Crippen LogP contribution < -0.4 is 4.90 Å². The predicted octanol–water partition coefficient (Wildman–Crippen LogP) is 2.67. The van der Waals surface area contributed by atoms with E-state index in [4.69, 9.17) is 4.52 Å². The van der Waals surface area contributed by atoms with E-state index >= 15 is 0 Å². The van der Waals surface area contributed by atoms with Crippen molar-refractivity contribution in [3.63, 3.8) is 0 Å². The number of anilines is 1. The predicted molar refractivity (Wildman–Crippen MR) is 83.3 cm³/mol. The maximum atomic E-state index is 12.6. The fraction of sp³-hybridized carbons (Fsp3) is 0.438. The molecule has 1 saturated heterocycles. The molecule has 2 aromatic rings. The number of pyridine rings is 1. The van der Waals surface area contributed by atoms with E-state index in [-0.39, 0.29) is 5.91 Å². The highest BCUT2D eigenvalue weighted by molar-refractivity contribution is 5.96. The summed E-state index contributed by atoms with van der Waals surface area (Å²) in [6, 6.07) is 2.37. The summed E-state index contributed by atoms with van der Waals surface area (Å²) in [5, 5.41) is 3.79. The van der Waals surface area contributed by atoms with Crippen molar-refractivity contribution in [2.75, 3.05) is 31.1 Å². The van der Waals surface area contributed by atoms with Crippen molar-refractivity contribution in [2.45, 2.75) is 20.0 Å². The summed E-state index contributed by atoms with van der Waals surface area (Å²) < 4.78 is 42.8. The van der Waals surface area contributed by atoms with Crippen LogP contribution in [0.2, 0.25) is 0 Å². The molecule has 6 nitrogen and oxygen atoms in total. The minimum atomic E-state index is -4.40. The summed E-state index contributed by atoms with van der Waals surface area (Å²) in [7, 11) is 0. The summed E-state index contributed by atoms with van der Waals surface area (Å²) in [5.41, 5.74) is 0.249. The lowest BCUT2D eigenvalue weighted by Crippen LogP contribution is -2.49. The first-order valence-electron chi connectivity index (χ1n) is 7.77. The third kappa shape index (κ3) is 3.45. The van der Waals surface area contributed by atoms with Crippen LogP contribution in [0.1, 0.15) is 27.4 Å². The molecule has 25 heavy (non-hydrogen) atoms. The first kappa shape index (κ1) is 17.2. The van der Waals surface area contributed by atoms with Crippen LogP contribution in [0.25, 0.3) is 0 Å². The number of piperazine rings is 1. The van der Waals surface area contributed by atoms with Crippen molar-refractivity contribution >= 4 is 11.7 Å². The molecule has 3 heterocycles. The normalized spacial score (nSPS) is 15.6. The molecule has 3 rings (SSSR count). The van der Waals surface area contributed by atoms with Crippen LogP contribution in [0.5, 0.6) is 0 Å². The highest BCUT2D eigenvalue weighted by Crippen LogP contribution is 2.29. The molecule has 1 amide bonds. The number of hydrogen-bond acceptors (Lipinski definition) is 5. The van der Waals surface area contributed by atoms with Crippen LogP contribution in [0.3, 0.4) is 0 Å². The molecule has 9 heteroatoms. The van der Waals surface area contributed by atoms with Gasteiger partial charge in [0.25, 0.3) is 5.91 Å². The Morgan fingerprint density at radius 1 is 1.16 bits per heavy atom. The van der Waals surface area contributed by atoms with E-state index < -0.39 is 11.7 Å². The molecule has 0 bridgehead atoms. The van der Waals surface area contributed by atoms with Crippen molar-refractivity contribution in [3.05, 3.63) is 40.9 Å². The number of aryl methyl sites for hydroxylation is 2. The van der Waals surface area contributed by atoms with Gasteiger partial charge in [-0.05, 0) is 26.0 Å². The summed E-state index contributed by atoms with van der Waals surface area (Å²) in [5.74, 6) is 0.808. The summed E-state index contributed by atoms with van der Waals surface area (Å²) in [6.07, 6.45) is -3.57. The minimum absolute atomic E-state index is 0.142. The third-order valence-corrected chi connectivity index (χ3v) is 4.21. The lowest BCUT2D eigenvalue weighted by Gasteiger charge is -2.35. The second-order valence-electron chi connectivity index (χ2n) is 5.88. The Balaban J connectivity index is 1.65. The molecule has 1 aliphatic heterocycles. The van der Waals surface area contributed by atoms with Crippen molar-refractivity contribution in [1.29, 1.82) is 0 Å². The molecule has 1 aliphatic rings. The Hall–Kier alpha value is -2.58. The number of halogens is 3. The van der Waals surface area contributed by atoms with Crippen LogP contribution in [0.15, 0.2) is 22.9 Å². The minimum Gasteiger partial charge on any atom is -0.361 e. The SMILES string of the molecule is Cc1noc(C)c1C(=O)N1CCN(c2ccc(C(F)(F)F)cn2)CC1. The first-order chi connectivity index (χ1) is 11.8. The molecule has 0 aliphatic carbocycles. The summed E-state index contributed by atoms with van der Waals surface area (Å²) in [6.45, 7) is 5.29. The molecule has 134 valence electrons. The first-order valence-corrected chi connectivity index (χ1v) is 7.77. The van der Waals surface area contributed by atoms with Crippen molar-refractivity contribution < 1.29 is 22.5 Å². The second-order valence-corrected chi connectivity index (χ2v) is 5.88. The molecule has 0 saturated carbocycles. The quantitative estimate of drug-likeness (QED) is 0.830. The van der Waals surface area contributed by atoms with Crippen LogP contribution in [0, 0.1) is 13.8 Å². The van der Waals surface area contributed by atoms with E-state index in [9.17, 15) is 18.0 Å². The topological polar surface area (TPSA) is 62.5 Å². The molecule has 0 aromatic carbocycles. The number of nitrogens with zero attached hydrogens (tertiary/aromatic N) is 4. The highest BCUT2D eigenvalue weighted by atomic mass is 19.4. The third-order valence-electron chi connectivity index (χ3n) is 4.21. The smallest absolute Gasteiger partial charge is 0.361 e. The van der Waals surface area contributed by atoms with E-state index in [0.29, 0.717) is 49.0 Å². The highest BCUT2D eigenvalue weighted by Gasteiger charge is 2.31. The van der Waals surface area contributed by atoms with E-state index in [0.717, 1.165) is 12.3 Å². The van der Waals surface area contributed by atoms with Gasteiger partial charge >= 0.3 is 6.18 Å². The molecule has 0 unspecified atom stereocenters. The van der Waals surface area contributed by atoms with Crippen molar-refractivity contribution in [2.24, 2.45) is 0 Å². The molecule has 2 aromatic heterocycles. The number of aromatic nitrogens is 2. The molecule has 0 radical (unpaired) electrons. The van der Waals surface area contributed by atoms with E-state index in [2.05, 4.69) is 10.1 Å². The fourth-order valence-corrected chi connectivity index (χ4v) is 2.83. The average molecular weight is 354 g/mol. The molecular weight excluding hydrogens is 337 g/mol. The second kappa shape index (κ2) is 6.38. The van der Waals surface area contributed by atoms with Gasteiger partial charge in [-0.15, -0.1) is 0 Å². The number of amides is 1. The van der Waals surface area contributed by atoms with Gasteiger partial charge in [0.05, 0.1) is 11.3 Å². The van der Waals surface area contributed by atoms with Gasteiger partial charge in [0.15, 0.2) is 0 Å². The van der Waals surface area contributed by atoms with Crippen molar-refractivity contribution in [1.82, 2.24) is 15.0 Å². The zero-order chi connectivity index (χ0) is 18.2. The van der Waals surface area contributed by atoms with Crippen LogP contribution in [0.4, 0.5) is 19.0 Å². The maximum absolute atomic E-state index is 12.6. The van der Waals surface area contributed by atoms with Gasteiger partial charge in [0, 0.05) is 32.4 Å². The van der Waals surface area contributed by atoms with Crippen LogP contribution in [-0.4, -0.2) is 47.1 Å². The van der Waals surface area contributed by atoms with Gasteiger partial charge in [-0.2, -0.15) is 13.2 Å². The largest absolute Gasteiger partial charge is 0.417 e. The number of carbonyl (C=O) groups is 1. The summed E-state index contributed by atoms with van der Waals surface area (Å²) in [4.78, 5) is 20.0. The Morgan fingerprint density at radius 2 is 1.84 bits per heavy atom. The Labute approximate surface area is 142 Å².